The van der Waals surface area contributed by atoms with E-state index in [0.29, 0.717) is 0 Å². The van der Waals surface area contributed by atoms with E-state index in [0.717, 1.165) is 36.6 Å². The quantitative estimate of drug-likeness (QED) is 0.695. The lowest BCUT2D eigenvalue weighted by atomic mass is 10.0. The molecule has 0 saturated heterocycles. The summed E-state index contributed by atoms with van der Waals surface area (Å²) in [5.74, 6) is 0. The Kier molecular flexibility index (Phi) is 1.63. The fraction of sp³-hybridized carbons (Fsp3) is 0.333. The van der Waals surface area contributed by atoms with Gasteiger partial charge in [0, 0.05) is 18.2 Å². The van der Waals surface area contributed by atoms with Crippen molar-refractivity contribution in [3.8, 4) is 11.4 Å². The molecule has 14 heavy (non-hydrogen) atoms. The summed E-state index contributed by atoms with van der Waals surface area (Å²) in [7, 11) is 0. The van der Waals surface area contributed by atoms with E-state index in [1.807, 2.05) is 6.07 Å². The number of hydrogen-bond donors (Lipinski definition) is 2. The monoisotopic (exact) mass is 190 g/mol. The van der Waals surface area contributed by atoms with Gasteiger partial charge < -0.3 is 9.84 Å². The molecular weight excluding hydrogens is 180 g/mol. The van der Waals surface area contributed by atoms with E-state index in [9.17, 15) is 0 Å². The Hall–Kier alpha value is -1.62. The van der Waals surface area contributed by atoms with E-state index in [4.69, 9.17) is 4.52 Å². The van der Waals surface area contributed by atoms with Gasteiger partial charge in [0.05, 0.1) is 5.69 Å². The summed E-state index contributed by atoms with van der Waals surface area (Å²) >= 11 is 0. The number of H-pyrrole nitrogens is 1. The number of aromatic nitrogens is 3. The average Bonchev–Trinajstić information content (AvgIpc) is 2.85. The van der Waals surface area contributed by atoms with Crippen LogP contribution in [0.2, 0.25) is 0 Å². The summed E-state index contributed by atoms with van der Waals surface area (Å²) < 4.78 is 4.81. The zero-order valence-electron chi connectivity index (χ0n) is 7.58. The van der Waals surface area contributed by atoms with Crippen molar-refractivity contribution in [1.82, 2.24) is 20.7 Å². The Morgan fingerprint density at radius 2 is 2.43 bits per heavy atom. The molecule has 0 aliphatic carbocycles. The van der Waals surface area contributed by atoms with Crippen molar-refractivity contribution >= 4 is 0 Å². The van der Waals surface area contributed by atoms with Gasteiger partial charge >= 0.3 is 0 Å². The molecule has 0 saturated carbocycles. The molecule has 3 heterocycles. The largest absolute Gasteiger partial charge is 0.364 e. The lowest BCUT2D eigenvalue weighted by molar-refractivity contribution is 0.422. The second kappa shape index (κ2) is 2.95. The Morgan fingerprint density at radius 1 is 1.43 bits per heavy atom. The Bertz CT molecular complexity index is 432. The highest BCUT2D eigenvalue weighted by Gasteiger charge is 2.18. The molecule has 0 unspecified atom stereocenters. The van der Waals surface area contributed by atoms with E-state index < -0.39 is 0 Å². The Labute approximate surface area is 80.5 Å². The smallest absolute Gasteiger partial charge is 0.134 e. The molecule has 3 rings (SSSR count). The molecule has 0 spiro atoms. The topological polar surface area (TPSA) is 66.7 Å². The van der Waals surface area contributed by atoms with Gasteiger partial charge in [0.2, 0.25) is 0 Å². The molecule has 0 radical (unpaired) electrons. The summed E-state index contributed by atoms with van der Waals surface area (Å²) in [6, 6.07) is 1.83. The molecule has 72 valence electrons. The Balaban J connectivity index is 2.11. The predicted octanol–water partition coefficient (Wildman–Crippen LogP) is 0.710. The molecule has 2 N–H and O–H groups in total. The van der Waals surface area contributed by atoms with Crippen LogP contribution < -0.4 is 5.32 Å². The number of nitrogens with zero attached hydrogens (tertiary/aromatic N) is 2. The van der Waals surface area contributed by atoms with E-state index in [1.54, 1.807) is 6.26 Å². The first kappa shape index (κ1) is 7.75. The first-order valence-electron chi connectivity index (χ1n) is 4.63. The highest BCUT2D eigenvalue weighted by atomic mass is 16.5. The molecule has 0 bridgehead atoms. The highest BCUT2D eigenvalue weighted by molar-refractivity contribution is 5.59. The van der Waals surface area contributed by atoms with Crippen molar-refractivity contribution in [3.05, 3.63) is 23.6 Å². The molecule has 1 aliphatic rings. The van der Waals surface area contributed by atoms with Gasteiger partial charge in [-0.05, 0) is 13.0 Å². The average molecular weight is 190 g/mol. The third-order valence-corrected chi connectivity index (χ3v) is 2.49. The van der Waals surface area contributed by atoms with Crippen molar-refractivity contribution in [2.24, 2.45) is 0 Å². The second-order valence-electron chi connectivity index (χ2n) is 3.34. The summed E-state index contributed by atoms with van der Waals surface area (Å²) in [5, 5.41) is 14.4. The van der Waals surface area contributed by atoms with Crippen LogP contribution in [-0.4, -0.2) is 21.9 Å². The summed E-state index contributed by atoms with van der Waals surface area (Å²) in [6.45, 7) is 1.86. The van der Waals surface area contributed by atoms with Gasteiger partial charge in [-0.25, -0.2) is 0 Å². The lowest BCUT2D eigenvalue weighted by Crippen LogP contribution is -2.23. The first-order valence-corrected chi connectivity index (χ1v) is 4.63. The van der Waals surface area contributed by atoms with Crippen LogP contribution in [0, 0.1) is 0 Å². The van der Waals surface area contributed by atoms with Crippen molar-refractivity contribution in [1.29, 1.82) is 0 Å². The van der Waals surface area contributed by atoms with Crippen LogP contribution in [-0.2, 0) is 13.0 Å². The third kappa shape index (κ3) is 1.06. The second-order valence-corrected chi connectivity index (χ2v) is 3.34. The van der Waals surface area contributed by atoms with Gasteiger partial charge in [-0.2, -0.15) is 5.10 Å². The lowest BCUT2D eigenvalue weighted by Gasteiger charge is -2.11. The van der Waals surface area contributed by atoms with E-state index in [2.05, 4.69) is 20.7 Å². The van der Waals surface area contributed by atoms with E-state index in [1.165, 1.54) is 5.56 Å². The molecule has 2 aromatic heterocycles. The SMILES string of the molecule is c1cc(-c2n[nH]c3c2CCNC3)no1. The summed E-state index contributed by atoms with van der Waals surface area (Å²) in [4.78, 5) is 0. The van der Waals surface area contributed by atoms with Crippen LogP contribution >= 0.6 is 0 Å². The molecule has 0 atom stereocenters. The molecule has 5 nitrogen and oxygen atoms in total. The molecule has 0 fully saturated rings. The molecule has 5 heteroatoms. The predicted molar refractivity (Wildman–Crippen MR) is 49.5 cm³/mol. The highest BCUT2D eigenvalue weighted by Crippen LogP contribution is 2.24. The molecular formula is C9H10N4O. The van der Waals surface area contributed by atoms with Crippen molar-refractivity contribution < 1.29 is 4.52 Å². The Morgan fingerprint density at radius 3 is 3.29 bits per heavy atom. The van der Waals surface area contributed by atoms with Crippen LogP contribution in [0.15, 0.2) is 16.9 Å². The van der Waals surface area contributed by atoms with Gasteiger partial charge in [-0.1, -0.05) is 5.16 Å². The third-order valence-electron chi connectivity index (χ3n) is 2.49. The minimum Gasteiger partial charge on any atom is -0.364 e. The van der Waals surface area contributed by atoms with Crippen LogP contribution in [0.1, 0.15) is 11.3 Å². The maximum Gasteiger partial charge on any atom is 0.134 e. The molecule has 0 amide bonds. The maximum absolute atomic E-state index is 4.81. The minimum absolute atomic E-state index is 0.810. The van der Waals surface area contributed by atoms with Crippen molar-refractivity contribution in [2.45, 2.75) is 13.0 Å². The van der Waals surface area contributed by atoms with Crippen molar-refractivity contribution in [3.63, 3.8) is 0 Å². The summed E-state index contributed by atoms with van der Waals surface area (Å²) in [6.07, 6.45) is 2.56. The van der Waals surface area contributed by atoms with Crippen LogP contribution in [0.4, 0.5) is 0 Å². The zero-order chi connectivity index (χ0) is 9.38. The number of fused-ring (bicyclic) bond motifs is 1. The van der Waals surface area contributed by atoms with Gasteiger partial charge in [-0.15, -0.1) is 0 Å². The number of nitrogens with one attached hydrogen (secondary N) is 2. The maximum atomic E-state index is 4.81. The van der Waals surface area contributed by atoms with Crippen molar-refractivity contribution in [2.75, 3.05) is 6.54 Å². The van der Waals surface area contributed by atoms with Gasteiger partial charge in [0.25, 0.3) is 0 Å². The van der Waals surface area contributed by atoms with Crippen LogP contribution in [0.25, 0.3) is 11.4 Å². The minimum atomic E-state index is 0.810. The molecule has 0 aromatic carbocycles. The van der Waals surface area contributed by atoms with Gasteiger partial charge in [-0.3, -0.25) is 5.10 Å². The summed E-state index contributed by atoms with van der Waals surface area (Å²) in [5.41, 5.74) is 4.16. The van der Waals surface area contributed by atoms with E-state index >= 15 is 0 Å². The number of rotatable bonds is 1. The van der Waals surface area contributed by atoms with Gasteiger partial charge in [0.1, 0.15) is 17.7 Å². The molecule has 1 aliphatic heterocycles. The fourth-order valence-corrected chi connectivity index (χ4v) is 1.79. The fourth-order valence-electron chi connectivity index (χ4n) is 1.79. The van der Waals surface area contributed by atoms with E-state index in [-0.39, 0.29) is 0 Å². The number of aromatic amines is 1. The van der Waals surface area contributed by atoms with Crippen LogP contribution in [0.5, 0.6) is 0 Å². The van der Waals surface area contributed by atoms with Gasteiger partial charge in [0.15, 0.2) is 0 Å². The number of hydrogen-bond acceptors (Lipinski definition) is 4. The standard InChI is InChI=1S/C9H10N4O/c1-3-10-5-8-6(1)9(12-11-8)7-2-4-14-13-7/h2,4,10H,1,3,5H2,(H,11,12). The molecule has 2 aromatic rings. The van der Waals surface area contributed by atoms with Crippen LogP contribution in [0.3, 0.4) is 0 Å². The first-order chi connectivity index (χ1) is 6.95. The normalized spacial score (nSPS) is 15.4. The zero-order valence-corrected chi connectivity index (χ0v) is 7.58.